The van der Waals surface area contributed by atoms with Gasteiger partial charge in [-0.3, -0.25) is 9.13 Å². The fourth-order valence-corrected chi connectivity index (χ4v) is 16.5. The van der Waals surface area contributed by atoms with Crippen LogP contribution in [0.4, 0.5) is 17.1 Å². The van der Waals surface area contributed by atoms with Gasteiger partial charge in [-0.1, -0.05) is 198 Å². The Morgan fingerprint density at radius 2 is 0.811 bits per heavy atom. The van der Waals surface area contributed by atoms with Gasteiger partial charge in [0.05, 0.1) is 38.8 Å². The van der Waals surface area contributed by atoms with Gasteiger partial charge < -0.3 is 13.9 Å². The predicted molar refractivity (Wildman–Crippen MR) is 393 cm³/mol. The zero-order chi connectivity index (χ0) is 63.0. The highest BCUT2D eigenvalue weighted by Gasteiger charge is 2.38. The van der Waals surface area contributed by atoms with E-state index in [4.69, 9.17) is 14.4 Å². The van der Waals surface area contributed by atoms with Crippen LogP contribution in [0.5, 0.6) is 0 Å². The number of aromatic nitrogens is 5. The van der Waals surface area contributed by atoms with Gasteiger partial charge in [-0.05, 0) is 171 Å². The van der Waals surface area contributed by atoms with Crippen molar-refractivity contribution in [2.24, 2.45) is 0 Å². The van der Waals surface area contributed by atoms with Crippen LogP contribution in [-0.4, -0.2) is 23.7 Å². The Balaban J connectivity index is 0.763. The number of para-hydroxylation sites is 6. The largest absolute Gasteiger partial charge is 0.456 e. The number of furan rings is 1. The van der Waals surface area contributed by atoms with Crippen LogP contribution in [0.3, 0.4) is 0 Å². The maximum absolute atomic E-state index is 6.29. The Kier molecular flexibility index (Phi) is 11.1. The fourth-order valence-electron chi connectivity index (χ4n) is 16.5. The number of fused-ring (bicyclic) bond motifs is 18. The monoisotopic (exact) mass is 1220 g/mol. The lowest BCUT2D eigenvalue weighted by molar-refractivity contribution is 0.660. The molecule has 7 heteroatoms. The molecule has 0 saturated carbocycles. The SMILES string of the molecule is CC1(C)c2cc(-c3cc(-n4c5ccccc5c5cc(-c6ccc7oc8ccccc8c7c6)ccc54)nc(-n4c5ccccc5c5cc6c(cc54)C(C)(C)c4ccccc4-6)n3)ccc2-c2ccc(N(c3ccccc3)c3ccc4c5ccccc5n(-c5ccccc5)c4c3)cc21. The van der Waals surface area contributed by atoms with Crippen LogP contribution in [0.15, 0.2) is 296 Å². The molecule has 0 radical (unpaired) electrons. The van der Waals surface area contributed by atoms with Crippen LogP contribution in [0, 0.1) is 0 Å². The molecule has 0 atom stereocenters. The van der Waals surface area contributed by atoms with Gasteiger partial charge in [-0.25, -0.2) is 4.98 Å². The van der Waals surface area contributed by atoms with Crippen molar-refractivity contribution < 1.29 is 4.42 Å². The van der Waals surface area contributed by atoms with Gasteiger partial charge in [0.15, 0.2) is 0 Å². The number of benzene rings is 13. The summed E-state index contributed by atoms with van der Waals surface area (Å²) in [6.45, 7) is 9.49. The molecule has 20 rings (SSSR count). The topological polar surface area (TPSA) is 57.0 Å². The number of rotatable bonds is 8. The first-order chi connectivity index (χ1) is 46.6. The highest BCUT2D eigenvalue weighted by atomic mass is 16.3. The second kappa shape index (κ2) is 19.7. The van der Waals surface area contributed by atoms with Crippen molar-refractivity contribution in [3.63, 3.8) is 0 Å². The summed E-state index contributed by atoms with van der Waals surface area (Å²) in [6.07, 6.45) is 0. The summed E-state index contributed by atoms with van der Waals surface area (Å²) in [5, 5.41) is 9.30. The normalized spacial score (nSPS) is 13.6. The number of nitrogens with zero attached hydrogens (tertiary/aromatic N) is 6. The van der Waals surface area contributed by atoms with Crippen molar-refractivity contribution in [1.29, 1.82) is 0 Å². The highest BCUT2D eigenvalue weighted by molar-refractivity contribution is 6.14. The van der Waals surface area contributed by atoms with E-state index in [2.05, 4.69) is 325 Å². The summed E-state index contributed by atoms with van der Waals surface area (Å²) in [5.74, 6) is 1.39. The molecule has 7 nitrogen and oxygen atoms in total. The first-order valence-corrected chi connectivity index (χ1v) is 32.9. The third kappa shape index (κ3) is 7.75. The fraction of sp³-hybridized carbons (Fsp3) is 0.0682. The minimum Gasteiger partial charge on any atom is -0.456 e. The van der Waals surface area contributed by atoms with E-state index in [1.807, 2.05) is 12.1 Å². The molecule has 18 aromatic rings. The molecule has 0 amide bonds. The molecule has 0 bridgehead atoms. The molecule has 0 unspecified atom stereocenters. The van der Waals surface area contributed by atoms with Crippen molar-refractivity contribution >= 4 is 104 Å². The van der Waals surface area contributed by atoms with Crippen molar-refractivity contribution in [3.05, 3.63) is 313 Å². The van der Waals surface area contributed by atoms with Gasteiger partial charge in [-0.2, -0.15) is 4.98 Å². The van der Waals surface area contributed by atoms with Gasteiger partial charge in [-0.15, -0.1) is 0 Å². The Morgan fingerprint density at radius 3 is 1.59 bits per heavy atom. The minimum atomic E-state index is -0.390. The number of anilines is 3. The quantitative estimate of drug-likeness (QED) is 0.152. The van der Waals surface area contributed by atoms with Gasteiger partial charge in [0.2, 0.25) is 5.95 Å². The lowest BCUT2D eigenvalue weighted by Crippen LogP contribution is -2.17. The lowest BCUT2D eigenvalue weighted by atomic mass is 9.81. The molecule has 5 aromatic heterocycles. The predicted octanol–water partition coefficient (Wildman–Crippen LogP) is 23.1. The molecule has 0 aliphatic heterocycles. The molecule has 0 spiro atoms. The van der Waals surface area contributed by atoms with E-state index < -0.39 is 5.41 Å². The summed E-state index contributed by atoms with van der Waals surface area (Å²) < 4.78 is 13.4. The smallest absolute Gasteiger partial charge is 0.237 e. The third-order valence-corrected chi connectivity index (χ3v) is 21.0. The molecule has 95 heavy (non-hydrogen) atoms. The van der Waals surface area contributed by atoms with E-state index in [-0.39, 0.29) is 5.41 Å². The van der Waals surface area contributed by atoms with Gasteiger partial charge >= 0.3 is 0 Å². The van der Waals surface area contributed by atoms with Crippen molar-refractivity contribution in [2.45, 2.75) is 38.5 Å². The second-order valence-electron chi connectivity index (χ2n) is 26.9. The zero-order valence-corrected chi connectivity index (χ0v) is 52.8. The van der Waals surface area contributed by atoms with Gasteiger partial charge in [0, 0.05) is 88.3 Å². The molecule has 0 fully saturated rings. The van der Waals surface area contributed by atoms with Crippen LogP contribution in [0.1, 0.15) is 49.9 Å². The molecule has 0 N–H and O–H groups in total. The highest BCUT2D eigenvalue weighted by Crippen LogP contribution is 2.54. The summed E-state index contributed by atoms with van der Waals surface area (Å²) in [7, 11) is 0. The molecule has 2 aliphatic rings. The van der Waals surface area contributed by atoms with E-state index in [0.717, 1.165) is 117 Å². The Hall–Kier alpha value is -12.1. The number of hydrogen-bond acceptors (Lipinski definition) is 4. The summed E-state index contributed by atoms with van der Waals surface area (Å²) >= 11 is 0. The molecular formula is C88H60N6O. The molecule has 13 aromatic carbocycles. The van der Waals surface area contributed by atoms with Crippen molar-refractivity contribution in [3.8, 4) is 62.1 Å². The van der Waals surface area contributed by atoms with Gasteiger partial charge in [0.1, 0.15) is 17.0 Å². The van der Waals surface area contributed by atoms with Crippen LogP contribution < -0.4 is 4.90 Å². The van der Waals surface area contributed by atoms with Crippen LogP contribution >= 0.6 is 0 Å². The molecule has 5 heterocycles. The minimum absolute atomic E-state index is 0.218. The molecule has 448 valence electrons. The average molecular weight is 1220 g/mol. The van der Waals surface area contributed by atoms with Crippen molar-refractivity contribution in [2.75, 3.05) is 4.90 Å². The Labute approximate surface area is 548 Å². The van der Waals surface area contributed by atoms with Gasteiger partial charge in [0.25, 0.3) is 0 Å². The number of hydrogen-bond donors (Lipinski definition) is 0. The molecule has 2 aliphatic carbocycles. The van der Waals surface area contributed by atoms with E-state index >= 15 is 0 Å². The van der Waals surface area contributed by atoms with Crippen molar-refractivity contribution in [1.82, 2.24) is 23.7 Å². The molecule has 0 saturated heterocycles. The summed E-state index contributed by atoms with van der Waals surface area (Å²) in [5.41, 5.74) is 26.5. The first-order valence-electron chi connectivity index (χ1n) is 32.9. The zero-order valence-electron chi connectivity index (χ0n) is 52.8. The van der Waals surface area contributed by atoms with E-state index in [1.54, 1.807) is 0 Å². The second-order valence-corrected chi connectivity index (χ2v) is 26.9. The standard InChI is InChI=1S/C88H60N6O/c1-87(2)72-30-16-11-25-60(72)68-50-70-65-28-14-19-33-79(65)94(82(70)51-75(68)87)86-89-76(52-85(90-86)93-78-32-18-13-27-64(78)69-45-53(36-43-80(69)93)54-37-44-84-71(46-54)67-29-15-20-34-83(67)95-84)55-35-40-61-62-41-38-58(48-74(62)88(3,4)73(61)47-55)91(56-21-7-5-8-22-56)59-39-42-66-63-26-12-17-31-77(63)92(81(66)49-59)57-23-9-6-10-24-57/h5-52H,1-4H3. The van der Waals surface area contributed by atoms with Crippen LogP contribution in [0.25, 0.3) is 149 Å². The Morgan fingerprint density at radius 1 is 0.295 bits per heavy atom. The maximum Gasteiger partial charge on any atom is 0.237 e. The van der Waals surface area contributed by atoms with E-state index in [1.165, 1.54) is 66.2 Å². The van der Waals surface area contributed by atoms with Crippen LogP contribution in [-0.2, 0) is 10.8 Å². The van der Waals surface area contributed by atoms with E-state index in [9.17, 15) is 0 Å². The average Bonchev–Trinajstić information content (AvgIpc) is 1.57. The Bertz CT molecular complexity index is 6300. The van der Waals surface area contributed by atoms with E-state index in [0.29, 0.717) is 5.95 Å². The lowest BCUT2D eigenvalue weighted by Gasteiger charge is -2.28. The van der Waals surface area contributed by atoms with Crippen LogP contribution in [0.2, 0.25) is 0 Å². The molecular weight excluding hydrogens is 1160 g/mol. The summed E-state index contributed by atoms with van der Waals surface area (Å²) in [4.78, 5) is 14.0. The third-order valence-electron chi connectivity index (χ3n) is 21.0. The maximum atomic E-state index is 6.29. The summed E-state index contributed by atoms with van der Waals surface area (Å²) in [6, 6.07) is 107. The first kappa shape index (κ1) is 53.6.